The van der Waals surface area contributed by atoms with E-state index in [4.69, 9.17) is 23.2 Å². The SMILES string of the molecule is CCN(CC)S(=O)(=O)c1c(C)nn(Cc2c(Cl)cccc2Cl)c1C. The Kier molecular flexibility index (Phi) is 5.96. The van der Waals surface area contributed by atoms with E-state index in [9.17, 15) is 8.42 Å². The van der Waals surface area contributed by atoms with Crippen molar-refractivity contribution in [3.05, 3.63) is 45.2 Å². The molecule has 2 rings (SSSR count). The van der Waals surface area contributed by atoms with Gasteiger partial charge in [-0.25, -0.2) is 8.42 Å². The molecule has 1 aromatic heterocycles. The van der Waals surface area contributed by atoms with Crippen molar-refractivity contribution in [3.63, 3.8) is 0 Å². The summed E-state index contributed by atoms with van der Waals surface area (Å²) in [4.78, 5) is 0.259. The van der Waals surface area contributed by atoms with Gasteiger partial charge in [-0.2, -0.15) is 9.40 Å². The number of hydrogen-bond donors (Lipinski definition) is 0. The molecule has 0 aliphatic heterocycles. The number of aromatic nitrogens is 2. The summed E-state index contributed by atoms with van der Waals surface area (Å²) >= 11 is 12.4. The molecule has 0 radical (unpaired) electrons. The standard InChI is InChI=1S/C16H21Cl2N3O2S/c1-5-20(6-2)24(22,23)16-11(3)19-21(12(16)4)10-13-14(17)8-7-9-15(13)18/h7-9H,5-6,10H2,1-4H3. The van der Waals surface area contributed by atoms with Gasteiger partial charge in [0.05, 0.1) is 17.9 Å². The highest BCUT2D eigenvalue weighted by Gasteiger charge is 2.29. The zero-order valence-corrected chi connectivity index (χ0v) is 16.5. The van der Waals surface area contributed by atoms with Gasteiger partial charge in [-0.1, -0.05) is 43.1 Å². The van der Waals surface area contributed by atoms with E-state index in [1.807, 2.05) is 13.8 Å². The molecule has 0 fully saturated rings. The van der Waals surface area contributed by atoms with Crippen LogP contribution in [0.4, 0.5) is 0 Å². The Morgan fingerprint density at radius 3 is 2.17 bits per heavy atom. The zero-order valence-electron chi connectivity index (χ0n) is 14.2. The lowest BCUT2D eigenvalue weighted by Gasteiger charge is -2.18. The molecule has 0 saturated heterocycles. The summed E-state index contributed by atoms with van der Waals surface area (Å²) in [5.74, 6) is 0. The molecule has 0 amide bonds. The third-order valence-electron chi connectivity index (χ3n) is 3.99. The first-order valence-electron chi connectivity index (χ1n) is 7.71. The molecule has 0 N–H and O–H groups in total. The van der Waals surface area contributed by atoms with Crippen LogP contribution in [-0.2, 0) is 16.6 Å². The maximum absolute atomic E-state index is 12.9. The third kappa shape index (κ3) is 3.47. The highest BCUT2D eigenvalue weighted by atomic mass is 35.5. The molecule has 0 aliphatic rings. The van der Waals surface area contributed by atoms with Crippen molar-refractivity contribution in [3.8, 4) is 0 Å². The Bertz CT molecular complexity index is 823. The molecule has 132 valence electrons. The van der Waals surface area contributed by atoms with Crippen molar-refractivity contribution in [1.29, 1.82) is 0 Å². The van der Waals surface area contributed by atoms with E-state index in [0.717, 1.165) is 5.56 Å². The van der Waals surface area contributed by atoms with Crippen molar-refractivity contribution in [2.75, 3.05) is 13.1 Å². The molecule has 8 heteroatoms. The first-order valence-corrected chi connectivity index (χ1v) is 9.90. The van der Waals surface area contributed by atoms with Gasteiger partial charge in [0, 0.05) is 28.7 Å². The van der Waals surface area contributed by atoms with Gasteiger partial charge in [-0.05, 0) is 26.0 Å². The number of rotatable bonds is 6. The molecule has 0 unspecified atom stereocenters. The van der Waals surface area contributed by atoms with Gasteiger partial charge in [0.15, 0.2) is 0 Å². The monoisotopic (exact) mass is 389 g/mol. The molecule has 24 heavy (non-hydrogen) atoms. The van der Waals surface area contributed by atoms with Crippen LogP contribution in [0.3, 0.4) is 0 Å². The Labute approximate surface area is 153 Å². The van der Waals surface area contributed by atoms with Gasteiger partial charge >= 0.3 is 0 Å². The van der Waals surface area contributed by atoms with Crippen molar-refractivity contribution in [1.82, 2.24) is 14.1 Å². The summed E-state index contributed by atoms with van der Waals surface area (Å²) < 4.78 is 28.8. The minimum absolute atomic E-state index is 0.259. The van der Waals surface area contributed by atoms with E-state index in [1.54, 1.807) is 36.7 Å². The summed E-state index contributed by atoms with van der Waals surface area (Å²) in [5, 5.41) is 5.46. The lowest BCUT2D eigenvalue weighted by Crippen LogP contribution is -2.31. The van der Waals surface area contributed by atoms with E-state index in [-0.39, 0.29) is 4.90 Å². The summed E-state index contributed by atoms with van der Waals surface area (Å²) in [5.41, 5.74) is 1.77. The molecular formula is C16H21Cl2N3O2S. The predicted octanol–water partition coefficient (Wildman–Crippen LogP) is 3.89. The number of nitrogens with zero attached hydrogens (tertiary/aromatic N) is 3. The van der Waals surface area contributed by atoms with Crippen molar-refractivity contribution in [2.24, 2.45) is 0 Å². The van der Waals surface area contributed by atoms with Gasteiger partial charge in [-0.3, -0.25) is 4.68 Å². The average molecular weight is 390 g/mol. The summed E-state index contributed by atoms with van der Waals surface area (Å²) in [7, 11) is -3.57. The number of halogens is 2. The molecule has 0 aliphatic carbocycles. The van der Waals surface area contributed by atoms with Crippen molar-refractivity contribution >= 4 is 33.2 Å². The molecule has 0 spiro atoms. The minimum Gasteiger partial charge on any atom is -0.264 e. The van der Waals surface area contributed by atoms with Gasteiger partial charge in [-0.15, -0.1) is 0 Å². The minimum atomic E-state index is -3.57. The number of aryl methyl sites for hydroxylation is 1. The summed E-state index contributed by atoms with van der Waals surface area (Å²) in [6.45, 7) is 8.24. The van der Waals surface area contributed by atoms with Crippen LogP contribution in [0.15, 0.2) is 23.1 Å². The largest absolute Gasteiger partial charge is 0.264 e. The Morgan fingerprint density at radius 2 is 1.67 bits per heavy atom. The molecule has 5 nitrogen and oxygen atoms in total. The maximum atomic E-state index is 12.9. The van der Waals surface area contributed by atoms with E-state index >= 15 is 0 Å². The van der Waals surface area contributed by atoms with E-state index in [1.165, 1.54) is 4.31 Å². The first-order chi connectivity index (χ1) is 11.2. The second kappa shape index (κ2) is 7.44. The Hall–Kier alpha value is -1.08. The fourth-order valence-electron chi connectivity index (χ4n) is 2.73. The van der Waals surface area contributed by atoms with Crippen LogP contribution in [0.2, 0.25) is 10.0 Å². The average Bonchev–Trinajstić information content (AvgIpc) is 2.78. The quantitative estimate of drug-likeness (QED) is 0.752. The lowest BCUT2D eigenvalue weighted by atomic mass is 10.2. The van der Waals surface area contributed by atoms with Crippen LogP contribution < -0.4 is 0 Å². The van der Waals surface area contributed by atoms with Crippen LogP contribution in [0.5, 0.6) is 0 Å². The summed E-state index contributed by atoms with van der Waals surface area (Å²) in [6.07, 6.45) is 0. The number of sulfonamides is 1. The molecule has 2 aromatic rings. The van der Waals surface area contributed by atoms with Gasteiger partial charge in [0.2, 0.25) is 10.0 Å². The van der Waals surface area contributed by atoms with E-state index in [0.29, 0.717) is 41.1 Å². The normalized spacial score (nSPS) is 12.1. The smallest absolute Gasteiger partial charge is 0.246 e. The number of hydrogen-bond acceptors (Lipinski definition) is 3. The van der Waals surface area contributed by atoms with E-state index in [2.05, 4.69) is 5.10 Å². The highest BCUT2D eigenvalue weighted by Crippen LogP contribution is 2.28. The topological polar surface area (TPSA) is 55.2 Å². The van der Waals surface area contributed by atoms with Crippen LogP contribution >= 0.6 is 23.2 Å². The van der Waals surface area contributed by atoms with Crippen LogP contribution in [0.1, 0.15) is 30.8 Å². The van der Waals surface area contributed by atoms with Gasteiger partial charge < -0.3 is 0 Å². The van der Waals surface area contributed by atoms with Crippen LogP contribution in [0.25, 0.3) is 0 Å². The maximum Gasteiger partial charge on any atom is 0.246 e. The van der Waals surface area contributed by atoms with Gasteiger partial charge in [0.25, 0.3) is 0 Å². The molecule has 0 atom stereocenters. The van der Waals surface area contributed by atoms with Crippen LogP contribution in [0, 0.1) is 13.8 Å². The summed E-state index contributed by atoms with van der Waals surface area (Å²) in [6, 6.07) is 5.27. The lowest BCUT2D eigenvalue weighted by molar-refractivity contribution is 0.444. The number of benzene rings is 1. The highest BCUT2D eigenvalue weighted by molar-refractivity contribution is 7.89. The third-order valence-corrected chi connectivity index (χ3v) is 7.00. The van der Waals surface area contributed by atoms with Crippen molar-refractivity contribution in [2.45, 2.75) is 39.1 Å². The molecular weight excluding hydrogens is 369 g/mol. The van der Waals surface area contributed by atoms with E-state index < -0.39 is 10.0 Å². The van der Waals surface area contributed by atoms with Crippen molar-refractivity contribution < 1.29 is 8.42 Å². The Balaban J connectivity index is 2.51. The first kappa shape index (κ1) is 19.2. The fraction of sp³-hybridized carbons (Fsp3) is 0.438. The second-order valence-electron chi connectivity index (χ2n) is 5.45. The molecule has 0 saturated carbocycles. The molecule has 0 bridgehead atoms. The fourth-order valence-corrected chi connectivity index (χ4v) is 5.08. The van der Waals surface area contributed by atoms with Crippen LogP contribution in [-0.4, -0.2) is 35.6 Å². The molecule has 1 heterocycles. The predicted molar refractivity (Wildman–Crippen MR) is 97.4 cm³/mol. The zero-order chi connectivity index (χ0) is 18.1. The van der Waals surface area contributed by atoms with Gasteiger partial charge in [0.1, 0.15) is 4.90 Å². The second-order valence-corrected chi connectivity index (χ2v) is 8.14. The molecule has 1 aromatic carbocycles. The Morgan fingerprint density at radius 1 is 1.12 bits per heavy atom.